The lowest BCUT2D eigenvalue weighted by Crippen LogP contribution is -2.36. The standard InChI is InChI=1S/C23H25F3N6O3S/c1-12(2)32-19-17(9-28-21(27-3)30-19)29-18(20(32)33)14-4-5-16(15(24)6-14)31-36(34,35)10-13-7-22(8-13)11-23(22,25)26/h4-6,9,12-13,31H,7-8,10-11H2,1-3H3,(H,27,28,30). The summed E-state index contributed by atoms with van der Waals surface area (Å²) in [6.45, 7) is 3.61. The Bertz CT molecular complexity index is 1530. The van der Waals surface area contributed by atoms with E-state index >= 15 is 0 Å². The van der Waals surface area contributed by atoms with E-state index < -0.39 is 32.7 Å². The number of halogens is 3. The van der Waals surface area contributed by atoms with Crippen molar-refractivity contribution in [3.63, 3.8) is 0 Å². The first-order chi connectivity index (χ1) is 16.8. The fourth-order valence-electron chi connectivity index (χ4n) is 5.04. The van der Waals surface area contributed by atoms with Crippen LogP contribution in [0.1, 0.15) is 39.2 Å². The Balaban J connectivity index is 1.40. The Hall–Kier alpha value is -3.22. The van der Waals surface area contributed by atoms with E-state index in [0.29, 0.717) is 17.1 Å². The average molecular weight is 523 g/mol. The minimum atomic E-state index is -3.95. The van der Waals surface area contributed by atoms with Gasteiger partial charge in [-0.05, 0) is 44.7 Å². The smallest absolute Gasteiger partial charge is 0.278 e. The summed E-state index contributed by atoms with van der Waals surface area (Å²) in [5, 5.41) is 2.81. The normalized spacial score (nSPS) is 22.6. The quantitative estimate of drug-likeness (QED) is 0.485. The third-order valence-corrected chi connectivity index (χ3v) is 8.35. The molecule has 192 valence electrons. The SMILES string of the molecule is CNc1ncc2nc(-c3ccc(NS(=O)(=O)CC4CC5(C4)CC5(F)F)c(F)c3)c(=O)n(C(C)C)c2n1. The lowest BCUT2D eigenvalue weighted by molar-refractivity contribution is 0.00748. The summed E-state index contributed by atoms with van der Waals surface area (Å²) < 4.78 is 70.4. The van der Waals surface area contributed by atoms with Crippen LogP contribution in [-0.2, 0) is 10.0 Å². The zero-order chi connectivity index (χ0) is 26.0. The van der Waals surface area contributed by atoms with Crippen LogP contribution < -0.4 is 15.6 Å². The number of hydrogen-bond donors (Lipinski definition) is 2. The molecule has 2 aromatic heterocycles. The summed E-state index contributed by atoms with van der Waals surface area (Å²) in [5.41, 5.74) is -1.03. The molecule has 3 aromatic rings. The number of alkyl halides is 2. The van der Waals surface area contributed by atoms with Gasteiger partial charge in [0, 0.05) is 30.5 Å². The molecule has 0 unspecified atom stereocenters. The second-order valence-corrected chi connectivity index (χ2v) is 11.7. The minimum Gasteiger partial charge on any atom is -0.357 e. The van der Waals surface area contributed by atoms with Crippen LogP contribution in [0.3, 0.4) is 0 Å². The van der Waals surface area contributed by atoms with Gasteiger partial charge in [0.1, 0.15) is 17.0 Å². The summed E-state index contributed by atoms with van der Waals surface area (Å²) in [7, 11) is -2.31. The zero-order valence-electron chi connectivity index (χ0n) is 19.8. The second kappa shape index (κ2) is 8.15. The molecule has 0 aliphatic heterocycles. The van der Waals surface area contributed by atoms with E-state index in [1.165, 1.54) is 22.9 Å². The van der Waals surface area contributed by atoms with Crippen molar-refractivity contribution >= 4 is 32.8 Å². The molecule has 0 bridgehead atoms. The van der Waals surface area contributed by atoms with Crippen LogP contribution in [0.4, 0.5) is 24.8 Å². The first-order valence-corrected chi connectivity index (χ1v) is 13.2. The summed E-state index contributed by atoms with van der Waals surface area (Å²) in [6.07, 6.45) is 1.57. The number of aromatic nitrogens is 4. The molecule has 0 amide bonds. The van der Waals surface area contributed by atoms with Crippen LogP contribution in [0.5, 0.6) is 0 Å². The molecule has 2 saturated carbocycles. The van der Waals surface area contributed by atoms with E-state index in [4.69, 9.17) is 0 Å². The highest BCUT2D eigenvalue weighted by Crippen LogP contribution is 2.72. The van der Waals surface area contributed by atoms with Crippen molar-refractivity contribution in [2.45, 2.75) is 45.1 Å². The third-order valence-electron chi connectivity index (χ3n) is 6.91. The summed E-state index contributed by atoms with van der Waals surface area (Å²) in [5.74, 6) is -4.02. The number of nitrogens with zero attached hydrogens (tertiary/aromatic N) is 4. The Morgan fingerprint density at radius 1 is 1.22 bits per heavy atom. The van der Waals surface area contributed by atoms with Crippen molar-refractivity contribution in [1.29, 1.82) is 0 Å². The van der Waals surface area contributed by atoms with Gasteiger partial charge < -0.3 is 5.32 Å². The maximum Gasteiger partial charge on any atom is 0.278 e. The van der Waals surface area contributed by atoms with Crippen LogP contribution in [-0.4, -0.2) is 46.7 Å². The van der Waals surface area contributed by atoms with Crippen molar-refractivity contribution in [2.24, 2.45) is 11.3 Å². The van der Waals surface area contributed by atoms with E-state index in [-0.39, 0.29) is 53.9 Å². The van der Waals surface area contributed by atoms with Gasteiger partial charge in [-0.1, -0.05) is 6.07 Å². The maximum absolute atomic E-state index is 14.9. The van der Waals surface area contributed by atoms with Crippen molar-refractivity contribution < 1.29 is 21.6 Å². The Kier molecular flexibility index (Phi) is 5.54. The molecule has 9 nitrogen and oxygen atoms in total. The van der Waals surface area contributed by atoms with Crippen molar-refractivity contribution in [3.8, 4) is 11.3 Å². The molecule has 1 aromatic carbocycles. The minimum absolute atomic E-state index is 0.0320. The second-order valence-electron chi connectivity index (χ2n) is 9.90. The monoisotopic (exact) mass is 522 g/mol. The number of nitrogens with one attached hydrogen (secondary N) is 2. The van der Waals surface area contributed by atoms with Gasteiger partial charge in [-0.2, -0.15) is 4.98 Å². The summed E-state index contributed by atoms with van der Waals surface area (Å²) in [4.78, 5) is 26.0. The lowest BCUT2D eigenvalue weighted by atomic mass is 9.72. The average Bonchev–Trinajstić information content (AvgIpc) is 3.35. The molecule has 1 spiro atoms. The molecule has 36 heavy (non-hydrogen) atoms. The van der Waals surface area contributed by atoms with Gasteiger partial charge in [-0.3, -0.25) is 14.1 Å². The zero-order valence-corrected chi connectivity index (χ0v) is 20.7. The van der Waals surface area contributed by atoms with Crippen LogP contribution in [0, 0.1) is 17.2 Å². The highest BCUT2D eigenvalue weighted by molar-refractivity contribution is 7.92. The summed E-state index contributed by atoms with van der Waals surface area (Å²) in [6, 6.07) is 3.36. The summed E-state index contributed by atoms with van der Waals surface area (Å²) >= 11 is 0. The topological polar surface area (TPSA) is 119 Å². The molecule has 2 aliphatic rings. The van der Waals surface area contributed by atoms with Gasteiger partial charge in [-0.25, -0.2) is 31.6 Å². The van der Waals surface area contributed by atoms with Gasteiger partial charge in [0.2, 0.25) is 16.0 Å². The van der Waals surface area contributed by atoms with E-state index in [0.717, 1.165) is 6.07 Å². The largest absolute Gasteiger partial charge is 0.357 e. The van der Waals surface area contributed by atoms with Crippen LogP contribution >= 0.6 is 0 Å². The number of fused-ring (bicyclic) bond motifs is 1. The number of benzene rings is 1. The first kappa shape index (κ1) is 24.5. The number of anilines is 2. The molecule has 5 rings (SSSR count). The van der Waals surface area contributed by atoms with Crippen molar-refractivity contribution in [2.75, 3.05) is 22.8 Å². The molecule has 2 N–H and O–H groups in total. The fourth-order valence-corrected chi connectivity index (χ4v) is 6.48. The molecule has 2 fully saturated rings. The van der Waals surface area contributed by atoms with Gasteiger partial charge in [0.25, 0.3) is 11.5 Å². The van der Waals surface area contributed by atoms with Crippen molar-refractivity contribution in [1.82, 2.24) is 19.5 Å². The number of sulfonamides is 1. The molecule has 0 atom stereocenters. The highest BCUT2D eigenvalue weighted by Gasteiger charge is 2.75. The Morgan fingerprint density at radius 3 is 2.50 bits per heavy atom. The lowest BCUT2D eigenvalue weighted by Gasteiger charge is -2.35. The maximum atomic E-state index is 14.9. The van der Waals surface area contributed by atoms with Gasteiger partial charge in [0.15, 0.2) is 5.65 Å². The first-order valence-electron chi connectivity index (χ1n) is 11.5. The van der Waals surface area contributed by atoms with Crippen LogP contribution in [0.2, 0.25) is 0 Å². The van der Waals surface area contributed by atoms with E-state index in [1.807, 2.05) is 0 Å². The molecule has 0 radical (unpaired) electrons. The van der Waals surface area contributed by atoms with Gasteiger partial charge in [-0.15, -0.1) is 0 Å². The Morgan fingerprint density at radius 2 is 1.92 bits per heavy atom. The van der Waals surface area contributed by atoms with Crippen LogP contribution in [0.25, 0.3) is 22.4 Å². The molecule has 0 saturated heterocycles. The van der Waals surface area contributed by atoms with E-state index in [1.54, 1.807) is 20.9 Å². The fraction of sp³-hybridized carbons (Fsp3) is 0.478. The van der Waals surface area contributed by atoms with E-state index in [9.17, 15) is 26.4 Å². The molecular weight excluding hydrogens is 497 g/mol. The van der Waals surface area contributed by atoms with Gasteiger partial charge >= 0.3 is 0 Å². The number of hydrogen-bond acceptors (Lipinski definition) is 7. The van der Waals surface area contributed by atoms with Crippen LogP contribution in [0.15, 0.2) is 29.2 Å². The predicted octanol–water partition coefficient (Wildman–Crippen LogP) is 3.79. The van der Waals surface area contributed by atoms with E-state index in [2.05, 4.69) is 25.0 Å². The van der Waals surface area contributed by atoms with Gasteiger partial charge in [0.05, 0.1) is 17.6 Å². The molecule has 13 heteroatoms. The van der Waals surface area contributed by atoms with Crippen molar-refractivity contribution in [3.05, 3.63) is 40.6 Å². The Labute approximate surface area is 205 Å². The highest BCUT2D eigenvalue weighted by atomic mass is 32.2. The molecule has 2 aliphatic carbocycles. The number of rotatable bonds is 7. The molecular formula is C23H25F3N6O3S. The third kappa shape index (κ3) is 4.08. The predicted molar refractivity (Wildman–Crippen MR) is 129 cm³/mol. The molecule has 2 heterocycles.